The highest BCUT2D eigenvalue weighted by Gasteiger charge is 2.12. The minimum atomic E-state index is 0.205. The number of fused-ring (bicyclic) bond motifs is 1. The number of aryl methyl sites for hydroxylation is 2. The number of phenols is 1. The number of aromatic nitrogens is 3. The molecular formula is C21H17ClN4O. The maximum Gasteiger partial charge on any atom is 0.247 e. The molecule has 6 heteroatoms. The number of halogens is 1. The fourth-order valence-electron chi connectivity index (χ4n) is 3.08. The van der Waals surface area contributed by atoms with Crippen LogP contribution >= 0.6 is 11.6 Å². The van der Waals surface area contributed by atoms with Gasteiger partial charge in [0, 0.05) is 16.3 Å². The van der Waals surface area contributed by atoms with Crippen LogP contribution in [0.15, 0.2) is 54.6 Å². The van der Waals surface area contributed by atoms with Crippen LogP contribution in [0.3, 0.4) is 0 Å². The predicted molar refractivity (Wildman–Crippen MR) is 109 cm³/mol. The van der Waals surface area contributed by atoms with Gasteiger partial charge in [0.2, 0.25) is 5.95 Å². The number of rotatable bonds is 3. The summed E-state index contributed by atoms with van der Waals surface area (Å²) in [6, 6.07) is 16.6. The van der Waals surface area contributed by atoms with Gasteiger partial charge in [-0.25, -0.2) is 4.98 Å². The van der Waals surface area contributed by atoms with Gasteiger partial charge in [0.15, 0.2) is 0 Å². The predicted octanol–water partition coefficient (Wildman–Crippen LogP) is 5.41. The molecule has 0 unspecified atom stereocenters. The minimum Gasteiger partial charge on any atom is -0.508 e. The van der Waals surface area contributed by atoms with E-state index in [1.54, 1.807) is 24.3 Å². The van der Waals surface area contributed by atoms with Gasteiger partial charge in [-0.1, -0.05) is 23.7 Å². The molecule has 27 heavy (non-hydrogen) atoms. The van der Waals surface area contributed by atoms with Crippen molar-refractivity contribution in [2.75, 3.05) is 5.32 Å². The van der Waals surface area contributed by atoms with Crippen molar-refractivity contribution < 1.29 is 5.11 Å². The standard InChI is InChI=1S/C21H17ClN4O/c1-12-4-3-5-17(22)19(12)14-10-13(2)20-18(11-14)25-26-21(24-20)23-15-6-8-16(27)9-7-15/h3-11,27H,1-2H3,(H,23,24,26). The van der Waals surface area contributed by atoms with E-state index in [9.17, 15) is 5.11 Å². The molecule has 0 atom stereocenters. The van der Waals surface area contributed by atoms with E-state index in [-0.39, 0.29) is 5.75 Å². The molecule has 0 aliphatic heterocycles. The zero-order valence-corrected chi connectivity index (χ0v) is 15.6. The van der Waals surface area contributed by atoms with Crippen molar-refractivity contribution in [3.05, 3.63) is 70.7 Å². The molecule has 5 nitrogen and oxygen atoms in total. The first-order valence-corrected chi connectivity index (χ1v) is 8.86. The summed E-state index contributed by atoms with van der Waals surface area (Å²) < 4.78 is 0. The van der Waals surface area contributed by atoms with Crippen LogP contribution in [0.4, 0.5) is 11.6 Å². The van der Waals surface area contributed by atoms with Crippen molar-refractivity contribution >= 4 is 34.3 Å². The summed E-state index contributed by atoms with van der Waals surface area (Å²) in [7, 11) is 0. The van der Waals surface area contributed by atoms with Gasteiger partial charge in [0.1, 0.15) is 11.3 Å². The Bertz CT molecular complexity index is 1120. The van der Waals surface area contributed by atoms with Gasteiger partial charge in [-0.15, -0.1) is 10.2 Å². The molecule has 4 aromatic rings. The molecule has 0 amide bonds. The number of nitrogens with zero attached hydrogens (tertiary/aromatic N) is 3. The van der Waals surface area contributed by atoms with Crippen LogP contribution in [0, 0.1) is 13.8 Å². The Morgan fingerprint density at radius 2 is 1.70 bits per heavy atom. The molecule has 1 aromatic heterocycles. The number of benzene rings is 3. The number of anilines is 2. The first-order chi connectivity index (χ1) is 13.0. The Kier molecular flexibility index (Phi) is 4.38. The fourth-order valence-corrected chi connectivity index (χ4v) is 3.41. The molecular weight excluding hydrogens is 360 g/mol. The lowest BCUT2D eigenvalue weighted by atomic mass is 9.98. The molecule has 3 aromatic carbocycles. The molecule has 0 spiro atoms. The Morgan fingerprint density at radius 1 is 0.926 bits per heavy atom. The molecule has 4 rings (SSSR count). The summed E-state index contributed by atoms with van der Waals surface area (Å²) >= 11 is 6.41. The highest BCUT2D eigenvalue weighted by Crippen LogP contribution is 2.33. The van der Waals surface area contributed by atoms with Crippen LogP contribution in [0.2, 0.25) is 5.02 Å². The van der Waals surface area contributed by atoms with E-state index in [4.69, 9.17) is 11.6 Å². The van der Waals surface area contributed by atoms with E-state index in [2.05, 4.69) is 26.6 Å². The molecule has 0 bridgehead atoms. The topological polar surface area (TPSA) is 70.9 Å². The number of aromatic hydroxyl groups is 1. The van der Waals surface area contributed by atoms with Crippen LogP contribution < -0.4 is 5.32 Å². The quantitative estimate of drug-likeness (QED) is 0.468. The van der Waals surface area contributed by atoms with Crippen LogP contribution in [0.5, 0.6) is 5.75 Å². The van der Waals surface area contributed by atoms with Crippen molar-refractivity contribution in [3.8, 4) is 16.9 Å². The number of phenolic OH excluding ortho intramolecular Hbond substituents is 1. The largest absolute Gasteiger partial charge is 0.508 e. The Labute approximate surface area is 161 Å². The van der Waals surface area contributed by atoms with E-state index >= 15 is 0 Å². The third kappa shape index (κ3) is 3.41. The first kappa shape index (κ1) is 17.2. The second-order valence-corrected chi connectivity index (χ2v) is 6.81. The van der Waals surface area contributed by atoms with E-state index in [1.165, 1.54) is 0 Å². The van der Waals surface area contributed by atoms with Gasteiger partial charge < -0.3 is 10.4 Å². The molecule has 0 aliphatic rings. The molecule has 0 aliphatic carbocycles. The SMILES string of the molecule is Cc1cccc(Cl)c1-c1cc(C)c2nc(Nc3ccc(O)cc3)nnc2c1. The molecule has 1 heterocycles. The summed E-state index contributed by atoms with van der Waals surface area (Å²) in [6.07, 6.45) is 0. The molecule has 134 valence electrons. The van der Waals surface area contributed by atoms with Crippen LogP contribution in [-0.2, 0) is 0 Å². The Hall–Kier alpha value is -3.18. The van der Waals surface area contributed by atoms with E-state index in [0.717, 1.165) is 33.5 Å². The average Bonchev–Trinajstić information content (AvgIpc) is 2.64. The van der Waals surface area contributed by atoms with Gasteiger partial charge in [0.05, 0.1) is 5.52 Å². The minimum absolute atomic E-state index is 0.205. The van der Waals surface area contributed by atoms with Gasteiger partial charge >= 0.3 is 0 Å². The zero-order chi connectivity index (χ0) is 19.0. The van der Waals surface area contributed by atoms with Crippen LogP contribution in [-0.4, -0.2) is 20.3 Å². The number of nitrogens with one attached hydrogen (secondary N) is 1. The summed E-state index contributed by atoms with van der Waals surface area (Å²) in [4.78, 5) is 4.59. The zero-order valence-electron chi connectivity index (χ0n) is 14.9. The summed E-state index contributed by atoms with van der Waals surface area (Å²) in [6.45, 7) is 4.03. The van der Waals surface area contributed by atoms with E-state index in [1.807, 2.05) is 38.1 Å². The lowest BCUT2D eigenvalue weighted by Crippen LogP contribution is -2.01. The lowest BCUT2D eigenvalue weighted by Gasteiger charge is -2.11. The highest BCUT2D eigenvalue weighted by molar-refractivity contribution is 6.33. The van der Waals surface area contributed by atoms with Gasteiger partial charge in [-0.2, -0.15) is 0 Å². The van der Waals surface area contributed by atoms with Crippen molar-refractivity contribution in [1.82, 2.24) is 15.2 Å². The second-order valence-electron chi connectivity index (χ2n) is 6.40. The molecule has 0 fully saturated rings. The second kappa shape index (κ2) is 6.85. The monoisotopic (exact) mass is 376 g/mol. The van der Waals surface area contributed by atoms with Crippen molar-refractivity contribution in [1.29, 1.82) is 0 Å². The third-order valence-corrected chi connectivity index (χ3v) is 4.70. The van der Waals surface area contributed by atoms with Crippen LogP contribution in [0.25, 0.3) is 22.2 Å². The third-order valence-electron chi connectivity index (χ3n) is 4.38. The van der Waals surface area contributed by atoms with Crippen molar-refractivity contribution in [2.24, 2.45) is 0 Å². The maximum atomic E-state index is 9.38. The summed E-state index contributed by atoms with van der Waals surface area (Å²) in [5.41, 5.74) is 6.35. The molecule has 2 N–H and O–H groups in total. The lowest BCUT2D eigenvalue weighted by molar-refractivity contribution is 0.475. The fraction of sp³-hybridized carbons (Fsp3) is 0.0952. The average molecular weight is 377 g/mol. The Morgan fingerprint density at radius 3 is 2.44 bits per heavy atom. The number of hydrogen-bond donors (Lipinski definition) is 2. The Balaban J connectivity index is 1.75. The van der Waals surface area contributed by atoms with E-state index < -0.39 is 0 Å². The maximum absolute atomic E-state index is 9.38. The smallest absolute Gasteiger partial charge is 0.247 e. The van der Waals surface area contributed by atoms with Crippen molar-refractivity contribution in [2.45, 2.75) is 13.8 Å². The summed E-state index contributed by atoms with van der Waals surface area (Å²) in [5.74, 6) is 0.606. The van der Waals surface area contributed by atoms with Crippen LogP contribution in [0.1, 0.15) is 11.1 Å². The number of hydrogen-bond acceptors (Lipinski definition) is 5. The van der Waals surface area contributed by atoms with Crippen molar-refractivity contribution in [3.63, 3.8) is 0 Å². The van der Waals surface area contributed by atoms with Gasteiger partial charge in [0.25, 0.3) is 0 Å². The first-order valence-electron chi connectivity index (χ1n) is 8.48. The molecule has 0 saturated carbocycles. The highest BCUT2D eigenvalue weighted by atomic mass is 35.5. The van der Waals surface area contributed by atoms with Gasteiger partial charge in [-0.05, 0) is 73.0 Å². The molecule has 0 radical (unpaired) electrons. The summed E-state index contributed by atoms with van der Waals surface area (Å²) in [5, 5.41) is 21.7. The normalized spacial score (nSPS) is 10.9. The van der Waals surface area contributed by atoms with E-state index in [0.29, 0.717) is 16.5 Å². The van der Waals surface area contributed by atoms with Gasteiger partial charge in [-0.3, -0.25) is 0 Å². The molecule has 0 saturated heterocycles.